The lowest BCUT2D eigenvalue weighted by atomic mass is 10.1. The Balaban J connectivity index is 2.51. The molecule has 7 heteroatoms. The van der Waals surface area contributed by atoms with Crippen molar-refractivity contribution in [3.05, 3.63) is 34.2 Å². The fourth-order valence-corrected chi connectivity index (χ4v) is 2.52. The van der Waals surface area contributed by atoms with E-state index in [4.69, 9.17) is 27.9 Å². The Morgan fingerprint density at radius 2 is 1.95 bits per heavy atom. The lowest BCUT2D eigenvalue weighted by Gasteiger charge is -2.04. The van der Waals surface area contributed by atoms with Crippen LogP contribution in [0.5, 0.6) is 0 Å². The predicted octanol–water partition coefficient (Wildman–Crippen LogP) is 4.08. The van der Waals surface area contributed by atoms with Crippen molar-refractivity contribution < 1.29 is 9.53 Å². The number of aromatic nitrogens is 3. The molecule has 22 heavy (non-hydrogen) atoms. The summed E-state index contributed by atoms with van der Waals surface area (Å²) < 4.78 is 6.83. The van der Waals surface area contributed by atoms with E-state index in [2.05, 4.69) is 23.9 Å². The lowest BCUT2D eigenvalue weighted by Crippen LogP contribution is -2.06. The van der Waals surface area contributed by atoms with Crippen molar-refractivity contribution in [1.82, 2.24) is 14.8 Å². The van der Waals surface area contributed by atoms with E-state index in [1.165, 1.54) is 0 Å². The quantitative estimate of drug-likeness (QED) is 0.607. The molecule has 5 nitrogen and oxygen atoms in total. The van der Waals surface area contributed by atoms with Gasteiger partial charge in [0.1, 0.15) is 21.6 Å². The first-order valence-corrected chi connectivity index (χ1v) is 7.74. The number of esters is 1. The molecule has 0 aliphatic carbocycles. The summed E-state index contributed by atoms with van der Waals surface area (Å²) in [4.78, 5) is 16.1. The number of halogens is 2. The minimum absolute atomic E-state index is 0.246. The van der Waals surface area contributed by atoms with Gasteiger partial charge in [-0.1, -0.05) is 37.0 Å². The molecule has 0 aromatic carbocycles. The number of ether oxygens (including phenoxy) is 1. The van der Waals surface area contributed by atoms with Crippen molar-refractivity contribution in [2.45, 2.75) is 27.3 Å². The van der Waals surface area contributed by atoms with Crippen LogP contribution in [0.1, 0.15) is 31.1 Å². The Morgan fingerprint density at radius 1 is 1.32 bits per heavy atom. The molecule has 0 atom stereocenters. The SMILES string of the molecule is CCOC(=O)c1cn(CC(C)C)nc1-c1cc(Cl)nc(Cl)c1. The molecular weight excluding hydrogens is 325 g/mol. The third-order valence-corrected chi connectivity index (χ3v) is 3.23. The van der Waals surface area contributed by atoms with E-state index in [1.807, 2.05) is 0 Å². The van der Waals surface area contributed by atoms with E-state index in [0.717, 1.165) is 0 Å². The molecule has 2 aromatic rings. The summed E-state index contributed by atoms with van der Waals surface area (Å²) in [7, 11) is 0. The monoisotopic (exact) mass is 341 g/mol. The van der Waals surface area contributed by atoms with Crippen LogP contribution < -0.4 is 0 Å². The fraction of sp³-hybridized carbons (Fsp3) is 0.400. The highest BCUT2D eigenvalue weighted by Gasteiger charge is 2.20. The number of pyridine rings is 1. The van der Waals surface area contributed by atoms with Gasteiger partial charge in [-0.25, -0.2) is 9.78 Å². The van der Waals surface area contributed by atoms with Gasteiger partial charge in [0.05, 0.1) is 6.61 Å². The van der Waals surface area contributed by atoms with Crippen LogP contribution in [-0.4, -0.2) is 27.3 Å². The normalized spacial score (nSPS) is 11.0. The van der Waals surface area contributed by atoms with Crippen molar-refractivity contribution in [1.29, 1.82) is 0 Å². The zero-order valence-electron chi connectivity index (χ0n) is 12.6. The van der Waals surface area contributed by atoms with Gasteiger partial charge in [-0.05, 0) is 25.0 Å². The van der Waals surface area contributed by atoms with Crippen LogP contribution in [0.25, 0.3) is 11.3 Å². The summed E-state index contributed by atoms with van der Waals surface area (Å²) in [6, 6.07) is 3.25. The topological polar surface area (TPSA) is 57.0 Å². The first kappa shape index (κ1) is 16.8. The van der Waals surface area contributed by atoms with Gasteiger partial charge < -0.3 is 4.74 Å². The van der Waals surface area contributed by atoms with E-state index in [-0.39, 0.29) is 10.3 Å². The Labute approximate surface area is 139 Å². The van der Waals surface area contributed by atoms with E-state index >= 15 is 0 Å². The molecule has 0 amide bonds. The molecule has 2 heterocycles. The largest absolute Gasteiger partial charge is 0.462 e. The molecule has 2 aromatic heterocycles. The first-order chi connectivity index (χ1) is 10.4. The van der Waals surface area contributed by atoms with E-state index in [9.17, 15) is 4.79 Å². The maximum absolute atomic E-state index is 12.2. The first-order valence-electron chi connectivity index (χ1n) is 6.98. The average Bonchev–Trinajstić information content (AvgIpc) is 2.81. The third kappa shape index (κ3) is 3.99. The van der Waals surface area contributed by atoms with Gasteiger partial charge in [0.15, 0.2) is 0 Å². The lowest BCUT2D eigenvalue weighted by molar-refractivity contribution is 0.0527. The summed E-state index contributed by atoms with van der Waals surface area (Å²) in [6.07, 6.45) is 1.69. The van der Waals surface area contributed by atoms with E-state index in [0.29, 0.717) is 35.9 Å². The second-order valence-corrected chi connectivity index (χ2v) is 6.00. The van der Waals surface area contributed by atoms with Gasteiger partial charge >= 0.3 is 5.97 Å². The molecule has 0 radical (unpaired) electrons. The zero-order chi connectivity index (χ0) is 16.3. The second kappa shape index (κ2) is 7.11. The molecular formula is C15H17Cl2N3O2. The average molecular weight is 342 g/mol. The number of carbonyl (C=O) groups is 1. The highest BCUT2D eigenvalue weighted by molar-refractivity contribution is 6.32. The minimum Gasteiger partial charge on any atom is -0.462 e. The van der Waals surface area contributed by atoms with Crippen molar-refractivity contribution in [2.75, 3.05) is 6.61 Å². The highest BCUT2D eigenvalue weighted by Crippen LogP contribution is 2.27. The number of hydrogen-bond acceptors (Lipinski definition) is 4. The molecule has 0 unspecified atom stereocenters. The van der Waals surface area contributed by atoms with Crippen molar-refractivity contribution in [2.24, 2.45) is 5.92 Å². The van der Waals surface area contributed by atoms with Crippen LogP contribution in [-0.2, 0) is 11.3 Å². The molecule has 0 N–H and O–H groups in total. The van der Waals surface area contributed by atoms with Crippen molar-refractivity contribution >= 4 is 29.2 Å². The van der Waals surface area contributed by atoms with Gasteiger partial charge in [-0.2, -0.15) is 5.10 Å². The standard InChI is InChI=1S/C15H17Cl2N3O2/c1-4-22-15(21)11-8-20(7-9(2)3)19-14(11)10-5-12(16)18-13(17)6-10/h5-6,8-9H,4,7H2,1-3H3. The van der Waals surface area contributed by atoms with Crippen LogP contribution in [0.2, 0.25) is 10.3 Å². The number of hydrogen-bond donors (Lipinski definition) is 0. The highest BCUT2D eigenvalue weighted by atomic mass is 35.5. The molecule has 118 valence electrons. The fourth-order valence-electron chi connectivity index (χ4n) is 2.06. The summed E-state index contributed by atoms with van der Waals surface area (Å²) >= 11 is 11.9. The molecule has 0 spiro atoms. The molecule has 0 aliphatic rings. The molecule has 0 fully saturated rings. The Bertz CT molecular complexity index is 663. The zero-order valence-corrected chi connectivity index (χ0v) is 14.1. The minimum atomic E-state index is -0.420. The van der Waals surface area contributed by atoms with Crippen molar-refractivity contribution in [3.63, 3.8) is 0 Å². The van der Waals surface area contributed by atoms with Crippen LogP contribution in [0, 0.1) is 5.92 Å². The predicted molar refractivity (Wildman–Crippen MR) is 86.3 cm³/mol. The van der Waals surface area contributed by atoms with E-state index < -0.39 is 5.97 Å². The summed E-state index contributed by atoms with van der Waals surface area (Å²) in [5.74, 6) is -0.0241. The van der Waals surface area contributed by atoms with E-state index in [1.54, 1.807) is 29.9 Å². The van der Waals surface area contributed by atoms with Crippen molar-refractivity contribution in [3.8, 4) is 11.3 Å². The maximum Gasteiger partial charge on any atom is 0.341 e. The number of carbonyl (C=O) groups excluding carboxylic acids is 1. The maximum atomic E-state index is 12.2. The number of nitrogens with zero attached hydrogens (tertiary/aromatic N) is 3. The van der Waals surface area contributed by atoms with Gasteiger partial charge in [0.2, 0.25) is 0 Å². The summed E-state index contributed by atoms with van der Waals surface area (Å²) in [5.41, 5.74) is 1.52. The molecule has 0 saturated heterocycles. The van der Waals surface area contributed by atoms with Gasteiger partial charge in [-0.15, -0.1) is 0 Å². The van der Waals surface area contributed by atoms with Gasteiger partial charge in [-0.3, -0.25) is 4.68 Å². The Hall–Kier alpha value is -1.59. The van der Waals surface area contributed by atoms with Crippen LogP contribution in [0.4, 0.5) is 0 Å². The van der Waals surface area contributed by atoms with Gasteiger partial charge in [0, 0.05) is 18.3 Å². The van der Waals surface area contributed by atoms with Crippen LogP contribution in [0.15, 0.2) is 18.3 Å². The Morgan fingerprint density at radius 3 is 2.50 bits per heavy atom. The number of rotatable bonds is 5. The molecule has 0 saturated carbocycles. The third-order valence-electron chi connectivity index (χ3n) is 2.85. The van der Waals surface area contributed by atoms with Gasteiger partial charge in [0.25, 0.3) is 0 Å². The smallest absolute Gasteiger partial charge is 0.341 e. The summed E-state index contributed by atoms with van der Waals surface area (Å²) in [5, 5.41) is 4.97. The van der Waals surface area contributed by atoms with Crippen LogP contribution >= 0.6 is 23.2 Å². The second-order valence-electron chi connectivity index (χ2n) is 5.23. The van der Waals surface area contributed by atoms with Crippen LogP contribution in [0.3, 0.4) is 0 Å². The summed E-state index contributed by atoms with van der Waals surface area (Å²) in [6.45, 7) is 6.90. The molecule has 0 aliphatic heterocycles. The Kier molecular flexibility index (Phi) is 5.42. The molecule has 2 rings (SSSR count). The molecule has 0 bridgehead atoms.